The lowest BCUT2D eigenvalue weighted by atomic mass is 9.88. The van der Waals surface area contributed by atoms with Crippen molar-refractivity contribution in [2.75, 3.05) is 11.4 Å². The van der Waals surface area contributed by atoms with Gasteiger partial charge in [0, 0.05) is 11.6 Å². The zero-order chi connectivity index (χ0) is 25.5. The van der Waals surface area contributed by atoms with Gasteiger partial charge < -0.3 is 0 Å². The molecule has 12 heteroatoms. The van der Waals surface area contributed by atoms with Gasteiger partial charge in [-0.1, -0.05) is 12.0 Å². The molecule has 34 heavy (non-hydrogen) atoms. The Morgan fingerprint density at radius 3 is 2.18 bits per heavy atom. The monoisotopic (exact) mass is 497 g/mol. The second-order valence-electron chi connectivity index (χ2n) is 7.39. The summed E-state index contributed by atoms with van der Waals surface area (Å²) in [5, 5.41) is 0. The van der Waals surface area contributed by atoms with E-state index in [1.54, 1.807) is 5.92 Å². The first-order valence-electron chi connectivity index (χ1n) is 9.53. The summed E-state index contributed by atoms with van der Waals surface area (Å²) in [6, 6.07) is 3.78. The van der Waals surface area contributed by atoms with E-state index in [1.807, 2.05) is 0 Å². The van der Waals surface area contributed by atoms with Crippen LogP contribution in [0.3, 0.4) is 0 Å². The molecule has 2 aromatic rings. The predicted molar refractivity (Wildman–Crippen MR) is 100 cm³/mol. The summed E-state index contributed by atoms with van der Waals surface area (Å²) in [6.45, 7) is -0.880. The van der Waals surface area contributed by atoms with E-state index in [4.69, 9.17) is 0 Å². The van der Waals surface area contributed by atoms with Crippen molar-refractivity contribution in [1.29, 1.82) is 0 Å². The molecule has 2 nitrogen and oxygen atoms in total. The van der Waals surface area contributed by atoms with Gasteiger partial charge in [-0.15, -0.1) is 0 Å². The van der Waals surface area contributed by atoms with Gasteiger partial charge in [-0.25, -0.2) is 4.39 Å². The van der Waals surface area contributed by atoms with Crippen LogP contribution in [0.15, 0.2) is 36.4 Å². The fraction of sp³-hybridized carbons (Fsp3) is 0.318. The van der Waals surface area contributed by atoms with E-state index in [0.29, 0.717) is 17.0 Å². The Morgan fingerprint density at radius 2 is 1.59 bits per heavy atom. The maximum Gasteiger partial charge on any atom is 0.457 e. The third-order valence-electron chi connectivity index (χ3n) is 5.13. The smallest absolute Gasteiger partial charge is 0.300 e. The number of alkyl halides is 9. The molecule has 1 amide bonds. The Kier molecular flexibility index (Phi) is 6.61. The number of amides is 1. The average molecular weight is 497 g/mol. The molecule has 1 unspecified atom stereocenters. The highest BCUT2D eigenvalue weighted by atomic mass is 19.4. The molecule has 1 aliphatic rings. The van der Waals surface area contributed by atoms with Crippen molar-refractivity contribution >= 4 is 11.6 Å². The normalized spacial score (nSPS) is 17.1. The average Bonchev–Trinajstić information content (AvgIpc) is 2.82. The lowest BCUT2D eigenvalue weighted by Gasteiger charge is -2.26. The Morgan fingerprint density at radius 1 is 0.912 bits per heavy atom. The zero-order valence-electron chi connectivity index (χ0n) is 16.8. The van der Waals surface area contributed by atoms with Gasteiger partial charge in [-0.3, -0.25) is 9.69 Å². The molecule has 0 spiro atoms. The number of benzene rings is 2. The van der Waals surface area contributed by atoms with Gasteiger partial charge in [-0.2, -0.15) is 39.5 Å². The number of halogens is 10. The van der Waals surface area contributed by atoms with Crippen molar-refractivity contribution in [3.05, 3.63) is 64.5 Å². The molecule has 0 N–H and O–H groups in total. The molecule has 0 bridgehead atoms. The van der Waals surface area contributed by atoms with Crippen LogP contribution in [0.5, 0.6) is 0 Å². The molecule has 1 atom stereocenters. The third-order valence-corrected chi connectivity index (χ3v) is 5.13. The molecule has 0 fully saturated rings. The van der Waals surface area contributed by atoms with E-state index in [1.165, 1.54) is 0 Å². The summed E-state index contributed by atoms with van der Waals surface area (Å²) in [5.74, 6) is -0.859. The molecule has 0 aromatic heterocycles. The number of rotatable bonds is 2. The summed E-state index contributed by atoms with van der Waals surface area (Å²) >= 11 is 0. The van der Waals surface area contributed by atoms with E-state index in [-0.39, 0.29) is 30.2 Å². The summed E-state index contributed by atoms with van der Waals surface area (Å²) in [4.78, 5) is 13.9. The second kappa shape index (κ2) is 8.85. The van der Waals surface area contributed by atoms with E-state index in [9.17, 15) is 48.7 Å². The van der Waals surface area contributed by atoms with Crippen LogP contribution >= 0.6 is 0 Å². The minimum atomic E-state index is -5.26. The molecule has 3 rings (SSSR count). The number of fused-ring (bicyclic) bond motifs is 1. The summed E-state index contributed by atoms with van der Waals surface area (Å²) in [7, 11) is 0. The maximum atomic E-state index is 13.7. The number of hydrogen-bond acceptors (Lipinski definition) is 1. The standard InChI is InChI=1S/C22H13F10NO/c23-14-4-7-18-12(10-14)2-5-16(19(34)33(18)9-1-8-20(24,25)26)15-6-3-13(21(27,28)29)11-17(15)22(30,31)32/h3-4,6-7,10-11,16H,2,5,9H2. The van der Waals surface area contributed by atoms with E-state index < -0.39 is 59.4 Å². The van der Waals surface area contributed by atoms with Crippen LogP contribution in [0.2, 0.25) is 0 Å². The largest absolute Gasteiger partial charge is 0.457 e. The topological polar surface area (TPSA) is 20.3 Å². The molecule has 0 aliphatic carbocycles. The van der Waals surface area contributed by atoms with Gasteiger partial charge in [0.1, 0.15) is 5.82 Å². The Bertz CT molecular complexity index is 1150. The zero-order valence-corrected chi connectivity index (χ0v) is 16.8. The van der Waals surface area contributed by atoms with Gasteiger partial charge >= 0.3 is 18.5 Å². The molecular weight excluding hydrogens is 484 g/mol. The van der Waals surface area contributed by atoms with E-state index in [2.05, 4.69) is 0 Å². The molecule has 0 radical (unpaired) electrons. The third kappa shape index (κ3) is 5.63. The van der Waals surface area contributed by atoms with Crippen molar-refractivity contribution in [1.82, 2.24) is 0 Å². The molecule has 1 aliphatic heterocycles. The van der Waals surface area contributed by atoms with Crippen LogP contribution in [0.4, 0.5) is 49.6 Å². The second-order valence-corrected chi connectivity index (χ2v) is 7.39. The predicted octanol–water partition coefficient (Wildman–Crippen LogP) is 6.49. The van der Waals surface area contributed by atoms with Gasteiger partial charge in [0.05, 0.1) is 23.6 Å². The number of nitrogens with zero attached hydrogens (tertiary/aromatic N) is 1. The Labute approximate surface area is 186 Å². The number of carbonyl (C=O) groups is 1. The summed E-state index contributed by atoms with van der Waals surface area (Å²) in [6.07, 6.45) is -15.8. The van der Waals surface area contributed by atoms with Gasteiger partial charge in [0.2, 0.25) is 5.91 Å². The molecule has 0 saturated heterocycles. The van der Waals surface area contributed by atoms with Crippen LogP contribution in [0.1, 0.15) is 34.6 Å². The maximum absolute atomic E-state index is 13.7. The van der Waals surface area contributed by atoms with Crippen molar-refractivity contribution < 1.29 is 48.7 Å². The molecule has 1 heterocycles. The van der Waals surface area contributed by atoms with E-state index in [0.717, 1.165) is 24.1 Å². The number of carbonyl (C=O) groups excluding carboxylic acids is 1. The van der Waals surface area contributed by atoms with Crippen molar-refractivity contribution in [2.45, 2.75) is 37.3 Å². The molecule has 0 saturated carbocycles. The Hall–Kier alpha value is -3.23. The first kappa shape index (κ1) is 25.4. The molecular formula is C22H13F10NO. The number of aryl methyl sites for hydroxylation is 1. The first-order valence-corrected chi connectivity index (χ1v) is 9.53. The molecule has 182 valence electrons. The highest BCUT2D eigenvalue weighted by Crippen LogP contribution is 2.42. The van der Waals surface area contributed by atoms with Gasteiger partial charge in [-0.05, 0) is 54.3 Å². The molecule has 2 aromatic carbocycles. The van der Waals surface area contributed by atoms with Gasteiger partial charge in [0.25, 0.3) is 0 Å². The van der Waals surface area contributed by atoms with Gasteiger partial charge in [0.15, 0.2) is 0 Å². The van der Waals surface area contributed by atoms with Crippen LogP contribution < -0.4 is 4.90 Å². The number of anilines is 1. The van der Waals surface area contributed by atoms with Crippen molar-refractivity contribution in [2.24, 2.45) is 0 Å². The minimum Gasteiger partial charge on any atom is -0.300 e. The quantitative estimate of drug-likeness (QED) is 0.343. The van der Waals surface area contributed by atoms with Crippen molar-refractivity contribution in [3.8, 4) is 11.8 Å². The Balaban J connectivity index is 2.13. The minimum absolute atomic E-state index is 0.0501. The fourth-order valence-electron chi connectivity index (χ4n) is 3.70. The highest BCUT2D eigenvalue weighted by molar-refractivity contribution is 6.00. The fourth-order valence-corrected chi connectivity index (χ4v) is 3.70. The van der Waals surface area contributed by atoms with Crippen LogP contribution in [-0.4, -0.2) is 18.6 Å². The lowest BCUT2D eigenvalue weighted by molar-refractivity contribution is -0.143. The summed E-state index contributed by atoms with van der Waals surface area (Å²) < 4.78 is 131. The highest BCUT2D eigenvalue weighted by Gasteiger charge is 2.42. The van der Waals surface area contributed by atoms with Crippen LogP contribution in [0, 0.1) is 17.7 Å². The van der Waals surface area contributed by atoms with E-state index >= 15 is 0 Å². The first-order chi connectivity index (χ1) is 15.6. The summed E-state index contributed by atoms with van der Waals surface area (Å²) in [5.41, 5.74) is -3.97. The number of hydrogen-bond donors (Lipinski definition) is 0. The van der Waals surface area contributed by atoms with Crippen LogP contribution in [0.25, 0.3) is 0 Å². The SMILES string of the molecule is O=C1C(c2ccc(C(F)(F)F)cc2C(F)(F)F)CCc2cc(F)ccc2N1CC#CC(F)(F)F. The van der Waals surface area contributed by atoms with Crippen molar-refractivity contribution in [3.63, 3.8) is 0 Å². The van der Waals surface area contributed by atoms with Crippen LogP contribution in [-0.2, 0) is 23.6 Å². The lowest BCUT2D eigenvalue weighted by Crippen LogP contribution is -2.35.